The van der Waals surface area contributed by atoms with Crippen molar-refractivity contribution in [3.63, 3.8) is 0 Å². The van der Waals surface area contributed by atoms with Crippen molar-refractivity contribution >= 4 is 23.6 Å². The summed E-state index contributed by atoms with van der Waals surface area (Å²) >= 11 is 1.25. The van der Waals surface area contributed by atoms with Crippen molar-refractivity contribution in [2.75, 3.05) is 5.75 Å². The number of amides is 1. The van der Waals surface area contributed by atoms with Gasteiger partial charge in [-0.1, -0.05) is 25.6 Å². The lowest BCUT2D eigenvalue weighted by Crippen LogP contribution is -2.54. The number of nitrogens with one attached hydrogen (secondary N) is 1. The van der Waals surface area contributed by atoms with E-state index in [0.717, 1.165) is 0 Å². The Balaban J connectivity index is 2.65. The molecule has 0 saturated carbocycles. The SMILES string of the molecule is CCC(CC)(NC(=O)CSc1nncn1C(C)C)C(=O)O. The number of carboxylic acid groups (broad SMARTS) is 1. The van der Waals surface area contributed by atoms with E-state index < -0.39 is 11.5 Å². The van der Waals surface area contributed by atoms with Gasteiger partial charge in [0.1, 0.15) is 11.9 Å². The summed E-state index contributed by atoms with van der Waals surface area (Å²) < 4.78 is 1.86. The Hall–Kier alpha value is -1.57. The minimum absolute atomic E-state index is 0.112. The Kier molecular flexibility index (Phi) is 6.19. The van der Waals surface area contributed by atoms with Crippen molar-refractivity contribution in [2.45, 2.75) is 57.3 Å². The van der Waals surface area contributed by atoms with Gasteiger partial charge in [0.25, 0.3) is 0 Å². The van der Waals surface area contributed by atoms with E-state index in [1.807, 2.05) is 18.4 Å². The van der Waals surface area contributed by atoms with Gasteiger partial charge in [0.2, 0.25) is 5.91 Å². The van der Waals surface area contributed by atoms with Gasteiger partial charge in [0.15, 0.2) is 5.16 Å². The van der Waals surface area contributed by atoms with Crippen LogP contribution in [-0.4, -0.2) is 43.0 Å². The largest absolute Gasteiger partial charge is 0.480 e. The fourth-order valence-corrected chi connectivity index (χ4v) is 2.75. The molecule has 1 aromatic rings. The molecule has 1 heterocycles. The predicted molar refractivity (Wildman–Crippen MR) is 80.2 cm³/mol. The van der Waals surface area contributed by atoms with Crippen molar-refractivity contribution < 1.29 is 14.7 Å². The summed E-state index contributed by atoms with van der Waals surface area (Å²) in [5.41, 5.74) is -1.19. The average molecular weight is 314 g/mol. The second-order valence-corrected chi connectivity index (χ2v) is 5.99. The summed E-state index contributed by atoms with van der Waals surface area (Å²) in [7, 11) is 0. The zero-order chi connectivity index (χ0) is 16.0. The van der Waals surface area contributed by atoms with E-state index in [-0.39, 0.29) is 17.7 Å². The first-order valence-electron chi connectivity index (χ1n) is 6.93. The van der Waals surface area contributed by atoms with Crippen molar-refractivity contribution in [1.29, 1.82) is 0 Å². The molecule has 0 aliphatic rings. The molecule has 0 bridgehead atoms. The van der Waals surface area contributed by atoms with Gasteiger partial charge < -0.3 is 15.0 Å². The van der Waals surface area contributed by atoms with Gasteiger partial charge in [-0.3, -0.25) is 4.79 Å². The van der Waals surface area contributed by atoms with Crippen molar-refractivity contribution in [2.24, 2.45) is 0 Å². The van der Waals surface area contributed by atoms with Crippen LogP contribution in [0.1, 0.15) is 46.6 Å². The molecular weight excluding hydrogens is 292 g/mol. The highest BCUT2D eigenvalue weighted by atomic mass is 32.2. The highest BCUT2D eigenvalue weighted by Gasteiger charge is 2.36. The number of nitrogens with zero attached hydrogens (tertiary/aromatic N) is 3. The van der Waals surface area contributed by atoms with E-state index in [9.17, 15) is 14.7 Å². The summed E-state index contributed by atoms with van der Waals surface area (Å²) in [5, 5.41) is 20.3. The summed E-state index contributed by atoms with van der Waals surface area (Å²) in [5.74, 6) is -1.21. The summed E-state index contributed by atoms with van der Waals surface area (Å²) in [6, 6.07) is 0.204. The molecule has 1 aromatic heterocycles. The minimum atomic E-state index is -1.19. The third kappa shape index (κ3) is 4.20. The van der Waals surface area contributed by atoms with Crippen LogP contribution in [0.25, 0.3) is 0 Å². The van der Waals surface area contributed by atoms with E-state index in [4.69, 9.17) is 0 Å². The maximum Gasteiger partial charge on any atom is 0.329 e. The number of aromatic nitrogens is 3. The van der Waals surface area contributed by atoms with Gasteiger partial charge in [0, 0.05) is 6.04 Å². The van der Waals surface area contributed by atoms with Gasteiger partial charge in [-0.05, 0) is 26.7 Å². The Labute approximate surface area is 128 Å². The number of carbonyl (C=O) groups excluding carboxylic acids is 1. The molecule has 8 heteroatoms. The number of rotatable bonds is 8. The maximum absolute atomic E-state index is 12.0. The number of thioether (sulfide) groups is 1. The molecule has 0 fully saturated rings. The van der Waals surface area contributed by atoms with Crippen LogP contribution in [-0.2, 0) is 9.59 Å². The molecule has 0 aliphatic heterocycles. The normalized spacial score (nSPS) is 11.7. The lowest BCUT2D eigenvalue weighted by Gasteiger charge is -2.27. The Bertz CT molecular complexity index is 497. The van der Waals surface area contributed by atoms with Crippen LogP contribution in [0.4, 0.5) is 0 Å². The number of carbonyl (C=O) groups is 2. The molecule has 0 saturated heterocycles. The molecule has 0 radical (unpaired) electrons. The highest BCUT2D eigenvalue weighted by Crippen LogP contribution is 2.20. The number of hydrogen-bond donors (Lipinski definition) is 2. The lowest BCUT2D eigenvalue weighted by molar-refractivity contribution is -0.147. The topological polar surface area (TPSA) is 97.1 Å². The first-order chi connectivity index (χ1) is 9.86. The summed E-state index contributed by atoms with van der Waals surface area (Å²) in [4.78, 5) is 23.4. The third-order valence-corrected chi connectivity index (χ3v) is 4.38. The Morgan fingerprint density at radius 1 is 1.43 bits per heavy atom. The second kappa shape index (κ2) is 7.44. The first kappa shape index (κ1) is 17.5. The summed E-state index contributed by atoms with van der Waals surface area (Å²) in [6.45, 7) is 7.50. The summed E-state index contributed by atoms with van der Waals surface area (Å²) in [6.07, 6.45) is 2.30. The molecule has 7 nitrogen and oxygen atoms in total. The molecule has 118 valence electrons. The van der Waals surface area contributed by atoms with Crippen molar-refractivity contribution in [3.05, 3.63) is 6.33 Å². The monoisotopic (exact) mass is 314 g/mol. The average Bonchev–Trinajstić information content (AvgIpc) is 2.91. The molecule has 1 amide bonds. The fraction of sp³-hybridized carbons (Fsp3) is 0.692. The molecule has 21 heavy (non-hydrogen) atoms. The van der Waals surface area contributed by atoms with Crippen LogP contribution in [0.2, 0.25) is 0 Å². The van der Waals surface area contributed by atoms with E-state index in [1.165, 1.54) is 11.8 Å². The molecule has 0 aromatic carbocycles. The highest BCUT2D eigenvalue weighted by molar-refractivity contribution is 7.99. The van der Waals surface area contributed by atoms with Crippen molar-refractivity contribution in [1.82, 2.24) is 20.1 Å². The standard InChI is InChI=1S/C13H22N4O3S/c1-5-13(6-2,11(19)20)15-10(18)7-21-12-16-14-8-17(12)9(3)4/h8-9H,5-7H2,1-4H3,(H,15,18)(H,19,20). The van der Waals surface area contributed by atoms with Gasteiger partial charge >= 0.3 is 5.97 Å². The van der Waals surface area contributed by atoms with E-state index in [0.29, 0.717) is 18.0 Å². The molecule has 1 rings (SSSR count). The van der Waals surface area contributed by atoms with Gasteiger partial charge in [0.05, 0.1) is 5.75 Å². The van der Waals surface area contributed by atoms with Gasteiger partial charge in [-0.25, -0.2) is 4.79 Å². The second-order valence-electron chi connectivity index (χ2n) is 5.05. The van der Waals surface area contributed by atoms with Crippen LogP contribution in [0.15, 0.2) is 11.5 Å². The molecular formula is C13H22N4O3S. The smallest absolute Gasteiger partial charge is 0.329 e. The third-order valence-electron chi connectivity index (χ3n) is 3.42. The van der Waals surface area contributed by atoms with Gasteiger partial charge in [-0.2, -0.15) is 0 Å². The molecule has 0 aliphatic carbocycles. The zero-order valence-corrected chi connectivity index (χ0v) is 13.6. The van der Waals surface area contributed by atoms with E-state index >= 15 is 0 Å². The first-order valence-corrected chi connectivity index (χ1v) is 7.91. The molecule has 0 unspecified atom stereocenters. The van der Waals surface area contributed by atoms with Crippen LogP contribution < -0.4 is 5.32 Å². The number of carboxylic acids is 1. The van der Waals surface area contributed by atoms with E-state index in [2.05, 4.69) is 15.5 Å². The van der Waals surface area contributed by atoms with Crippen molar-refractivity contribution in [3.8, 4) is 0 Å². The van der Waals surface area contributed by atoms with E-state index in [1.54, 1.807) is 20.2 Å². The minimum Gasteiger partial charge on any atom is -0.480 e. The maximum atomic E-state index is 12.0. The van der Waals surface area contributed by atoms with Crippen LogP contribution in [0.3, 0.4) is 0 Å². The quantitative estimate of drug-likeness (QED) is 0.709. The molecule has 0 spiro atoms. The lowest BCUT2D eigenvalue weighted by atomic mass is 9.93. The Morgan fingerprint density at radius 3 is 2.52 bits per heavy atom. The van der Waals surface area contributed by atoms with Gasteiger partial charge in [-0.15, -0.1) is 10.2 Å². The van der Waals surface area contributed by atoms with Crippen LogP contribution >= 0.6 is 11.8 Å². The fourth-order valence-electron chi connectivity index (χ4n) is 1.91. The van der Waals surface area contributed by atoms with Crippen LogP contribution in [0, 0.1) is 0 Å². The Morgan fingerprint density at radius 2 is 2.05 bits per heavy atom. The molecule has 2 N–H and O–H groups in total. The van der Waals surface area contributed by atoms with Crippen LogP contribution in [0.5, 0.6) is 0 Å². The zero-order valence-electron chi connectivity index (χ0n) is 12.8. The number of aliphatic carboxylic acids is 1. The predicted octanol–water partition coefficient (Wildman–Crippen LogP) is 1.71. The number of hydrogen-bond acceptors (Lipinski definition) is 5. The molecule has 0 atom stereocenters.